The minimum absolute atomic E-state index is 0.00603. The van der Waals surface area contributed by atoms with Crippen molar-refractivity contribution in [3.63, 3.8) is 0 Å². The van der Waals surface area contributed by atoms with Crippen LogP contribution in [0, 0.1) is 11.3 Å². The van der Waals surface area contributed by atoms with Crippen LogP contribution in [0.2, 0.25) is 0 Å². The van der Waals surface area contributed by atoms with Gasteiger partial charge in [0.15, 0.2) is 6.10 Å². The van der Waals surface area contributed by atoms with E-state index < -0.39 is 62.3 Å². The van der Waals surface area contributed by atoms with Gasteiger partial charge in [-0.1, -0.05) is 44.2 Å². The number of epoxide rings is 1. The van der Waals surface area contributed by atoms with Crippen LogP contribution in [-0.4, -0.2) is 152 Å². The molecular weight excluding hydrogens is 849 g/mol. The summed E-state index contributed by atoms with van der Waals surface area (Å²) in [7, 11) is 1.57. The zero-order chi connectivity index (χ0) is 45.9. The number of hydrogen-bond donors (Lipinski definition) is 4. The molecule has 10 rings (SSSR count). The summed E-state index contributed by atoms with van der Waals surface area (Å²) in [5.74, 6) is -1.37. The maximum Gasteiger partial charge on any atom is 0.394 e. The Balaban J connectivity index is 0.000000984. The first-order valence-corrected chi connectivity index (χ1v) is 23.4. The van der Waals surface area contributed by atoms with E-state index in [2.05, 4.69) is 52.1 Å². The van der Waals surface area contributed by atoms with E-state index in [4.69, 9.17) is 41.2 Å². The third-order valence-electron chi connectivity index (χ3n) is 16.0. The van der Waals surface area contributed by atoms with Gasteiger partial charge in [-0.25, -0.2) is 4.79 Å². The summed E-state index contributed by atoms with van der Waals surface area (Å²) < 4.78 is 62.3. The number of esters is 3. The van der Waals surface area contributed by atoms with Crippen LogP contribution in [-0.2, 0) is 61.0 Å². The molecule has 3 saturated heterocycles. The van der Waals surface area contributed by atoms with Crippen LogP contribution in [0.5, 0.6) is 5.75 Å². The number of methoxy groups -OCH3 is 3. The topological polar surface area (TPSA) is 221 Å². The van der Waals surface area contributed by atoms with Crippen LogP contribution in [0.15, 0.2) is 48.6 Å². The summed E-state index contributed by atoms with van der Waals surface area (Å²) in [6, 6.07) is 11.2. The number of fused-ring (bicyclic) bond motifs is 8. The van der Waals surface area contributed by atoms with E-state index in [1.54, 1.807) is 7.11 Å². The molecule has 2 aromatic carbocycles. The highest BCUT2D eigenvalue weighted by atomic mass is 32.3. The fourth-order valence-corrected chi connectivity index (χ4v) is 13.9. The van der Waals surface area contributed by atoms with Crippen LogP contribution < -0.4 is 9.64 Å². The summed E-state index contributed by atoms with van der Waals surface area (Å²) in [6.45, 7) is 9.32. The lowest BCUT2D eigenvalue weighted by atomic mass is 9.47. The first-order valence-electron chi connectivity index (χ1n) is 22.0. The summed E-state index contributed by atoms with van der Waals surface area (Å²) >= 11 is 0. The van der Waals surface area contributed by atoms with E-state index in [0.29, 0.717) is 50.1 Å². The normalized spacial score (nSPS) is 36.6. The van der Waals surface area contributed by atoms with Crippen molar-refractivity contribution in [3.8, 4) is 5.75 Å². The molecule has 1 spiro atoms. The summed E-state index contributed by atoms with van der Waals surface area (Å²) in [5, 5.41) is 14.4. The van der Waals surface area contributed by atoms with E-state index in [1.165, 1.54) is 21.1 Å². The molecule has 2 bridgehead atoms. The van der Waals surface area contributed by atoms with Gasteiger partial charge < -0.3 is 38.7 Å². The third-order valence-corrected chi connectivity index (χ3v) is 16.0. The van der Waals surface area contributed by atoms with Gasteiger partial charge in [0, 0.05) is 96.9 Å². The van der Waals surface area contributed by atoms with E-state index in [1.807, 2.05) is 37.1 Å². The average molecular weight is 907 g/mol. The van der Waals surface area contributed by atoms with Gasteiger partial charge in [0.25, 0.3) is 0 Å². The quantitative estimate of drug-likeness (QED) is 0.0878. The Morgan fingerprint density at radius 1 is 0.984 bits per heavy atom. The van der Waals surface area contributed by atoms with Gasteiger partial charge in [0.2, 0.25) is 5.60 Å². The molecule has 17 nitrogen and oxygen atoms in total. The molecule has 346 valence electrons. The van der Waals surface area contributed by atoms with Crippen LogP contribution in [0.25, 0.3) is 10.9 Å². The van der Waals surface area contributed by atoms with Gasteiger partial charge in [0.05, 0.1) is 33.5 Å². The second-order valence-electron chi connectivity index (χ2n) is 18.7. The number of rotatable bonds is 7. The number of hydrogen-bond acceptors (Lipinski definition) is 14. The van der Waals surface area contributed by atoms with Crippen LogP contribution in [0.1, 0.15) is 68.8 Å². The van der Waals surface area contributed by atoms with Crippen LogP contribution in [0.4, 0.5) is 5.69 Å². The Bertz CT molecular complexity index is 2560. The average Bonchev–Trinajstić information content (AvgIpc) is 3.55. The lowest BCUT2D eigenvalue weighted by Gasteiger charge is -2.63. The van der Waals surface area contributed by atoms with Crippen molar-refractivity contribution in [1.82, 2.24) is 14.8 Å². The number of nitrogens with zero attached hydrogens (tertiary/aromatic N) is 3. The van der Waals surface area contributed by atoms with Gasteiger partial charge in [-0.15, -0.1) is 0 Å². The van der Waals surface area contributed by atoms with Crippen molar-refractivity contribution in [2.45, 2.75) is 99.2 Å². The zero-order valence-corrected chi connectivity index (χ0v) is 38.1. The molecule has 0 radical (unpaired) electrons. The Morgan fingerprint density at radius 3 is 2.36 bits per heavy atom. The van der Waals surface area contributed by atoms with E-state index in [9.17, 15) is 14.7 Å². The minimum Gasteiger partial charge on any atom is -0.496 e. The minimum atomic E-state index is -4.67. The van der Waals surface area contributed by atoms with Crippen molar-refractivity contribution >= 4 is 44.9 Å². The Kier molecular flexibility index (Phi) is 10.6. The van der Waals surface area contributed by atoms with E-state index in [-0.39, 0.29) is 23.7 Å². The predicted octanol–water partition coefficient (Wildman–Crippen LogP) is 3.35. The number of aromatic amines is 1. The van der Waals surface area contributed by atoms with E-state index >= 15 is 4.79 Å². The van der Waals surface area contributed by atoms with Crippen LogP contribution in [0.3, 0.4) is 0 Å². The lowest BCUT2D eigenvalue weighted by molar-refractivity contribution is -0.228. The molecule has 11 atom stereocenters. The number of H-pyrrole nitrogens is 1. The Labute approximate surface area is 372 Å². The number of aliphatic hydroxyl groups is 1. The molecule has 4 N–H and O–H groups in total. The maximum atomic E-state index is 15.4. The standard InChI is InChI=1S/C46H56N4O9.H2O4S/c1-8-42-16-12-18-50-20-17-44(37(42)50)30-21-31(34(55-5)22-33(30)48(4)38(44)46(54,41(53)57-7)39(42)58-26(3)51)45(40(52)56-6)23-27-24-49(25-43(9-2)36(27)59-43)19-15-29-28-13-10-11-14-32(28)47-35(29)45;1-5(2,3)4/h10-14,16,21-22,27,36-39,47,54H,8-9,15,17-20,23-25H2,1-7H3;(H2,1,2,3,4)/t27-,36+,37-,38+,39-,42+,43-,44+,45-,46+;/m1./s1. The SMILES string of the molecule is CC[C@@]12CN3CCc4c([nH]c5ccccc45)[C@](C(=O)OC)(c4cc5c(cc4OC)N(C)[C@@H]4[C@@](O)(C(=O)OC)[C@H](OC(C)=O)[C@@]6(CC)C=CCN7CC[C@@]54[C@H]76)C[C@H](C3)[C@@H]1O2.O=S(=O)(O)O. The number of para-hydroxylation sites is 1. The summed E-state index contributed by atoms with van der Waals surface area (Å²) in [6.07, 6.45) is 5.94. The summed E-state index contributed by atoms with van der Waals surface area (Å²) in [5.41, 5.74) is -0.627. The highest BCUT2D eigenvalue weighted by Crippen LogP contribution is 2.68. The second-order valence-corrected chi connectivity index (χ2v) is 19.6. The molecular formula is C46H58N4O13S. The highest BCUT2D eigenvalue weighted by Gasteiger charge is 2.80. The number of aromatic nitrogens is 1. The first kappa shape index (κ1) is 44.6. The van der Waals surface area contributed by atoms with Gasteiger partial charge >= 0.3 is 28.3 Å². The Morgan fingerprint density at radius 2 is 1.70 bits per heavy atom. The Hall–Kier alpha value is -4.56. The molecule has 6 aliphatic heterocycles. The number of likely N-dealkylation sites (N-methyl/N-ethyl adjacent to an activating group) is 1. The van der Waals surface area contributed by atoms with Gasteiger partial charge in [0.1, 0.15) is 16.8 Å². The highest BCUT2D eigenvalue weighted by molar-refractivity contribution is 7.79. The number of carbonyl (C=O) groups is 3. The number of ether oxygens (including phenoxy) is 5. The molecule has 7 aliphatic rings. The molecule has 1 aliphatic carbocycles. The summed E-state index contributed by atoms with van der Waals surface area (Å²) in [4.78, 5) is 53.5. The zero-order valence-electron chi connectivity index (χ0n) is 37.3. The lowest BCUT2D eigenvalue weighted by Crippen LogP contribution is -2.81. The van der Waals surface area contributed by atoms with Crippen molar-refractivity contribution in [2.24, 2.45) is 11.3 Å². The molecule has 4 fully saturated rings. The fraction of sp³-hybridized carbons (Fsp3) is 0.587. The maximum absolute atomic E-state index is 15.4. The molecule has 0 amide bonds. The number of carbonyl (C=O) groups excluding carboxylic acids is 3. The molecule has 7 heterocycles. The number of nitrogens with one attached hydrogen (secondary N) is 1. The molecule has 1 saturated carbocycles. The van der Waals surface area contributed by atoms with Gasteiger partial charge in [-0.05, 0) is 61.9 Å². The third kappa shape index (κ3) is 6.08. The van der Waals surface area contributed by atoms with Crippen molar-refractivity contribution in [2.75, 3.05) is 66.0 Å². The molecule has 1 unspecified atom stereocenters. The number of anilines is 1. The fourth-order valence-electron chi connectivity index (χ4n) is 13.9. The van der Waals surface area contributed by atoms with E-state index in [0.717, 1.165) is 59.5 Å². The predicted molar refractivity (Wildman–Crippen MR) is 233 cm³/mol. The molecule has 64 heavy (non-hydrogen) atoms. The molecule has 3 aromatic rings. The van der Waals surface area contributed by atoms with Crippen LogP contribution >= 0.6 is 0 Å². The smallest absolute Gasteiger partial charge is 0.394 e. The first-order chi connectivity index (χ1) is 30.3. The van der Waals surface area contributed by atoms with Gasteiger partial charge in [-0.3, -0.25) is 28.5 Å². The monoisotopic (exact) mass is 906 g/mol. The largest absolute Gasteiger partial charge is 0.496 e. The van der Waals surface area contributed by atoms with Gasteiger partial charge in [-0.2, -0.15) is 8.42 Å². The molecule has 18 heteroatoms. The number of benzene rings is 2. The number of piperidine rings is 1. The van der Waals surface area contributed by atoms with Crippen molar-refractivity contribution in [1.29, 1.82) is 0 Å². The molecule has 1 aromatic heterocycles. The second kappa shape index (κ2) is 15.3. The van der Waals surface area contributed by atoms with Crippen molar-refractivity contribution in [3.05, 3.63) is 70.9 Å². The van der Waals surface area contributed by atoms with Crippen molar-refractivity contribution < 1.29 is 60.7 Å².